The lowest BCUT2D eigenvalue weighted by Crippen LogP contribution is -2.12. The summed E-state index contributed by atoms with van der Waals surface area (Å²) >= 11 is 0. The number of fused-ring (bicyclic) bond motifs is 5. The second-order valence-electron chi connectivity index (χ2n) is 7.08. The van der Waals surface area contributed by atoms with Crippen molar-refractivity contribution < 1.29 is 4.74 Å². The smallest absolute Gasteiger partial charge is 0.166 e. The van der Waals surface area contributed by atoms with E-state index in [9.17, 15) is 0 Å². The van der Waals surface area contributed by atoms with E-state index in [1.807, 2.05) is 54.2 Å². The van der Waals surface area contributed by atoms with Crippen molar-refractivity contribution in [1.82, 2.24) is 24.3 Å². The largest absolute Gasteiger partial charge is 0.374 e. The van der Waals surface area contributed by atoms with Gasteiger partial charge in [-0.3, -0.25) is 9.98 Å². The van der Waals surface area contributed by atoms with Gasteiger partial charge in [-0.1, -0.05) is 26.3 Å². The Labute approximate surface area is 184 Å². The Bertz CT molecular complexity index is 1170. The molecule has 0 unspecified atom stereocenters. The summed E-state index contributed by atoms with van der Waals surface area (Å²) in [5.41, 5.74) is 5.53. The molecule has 0 radical (unpaired) electrons. The van der Waals surface area contributed by atoms with E-state index in [4.69, 9.17) is 16.6 Å². The van der Waals surface area contributed by atoms with E-state index in [-0.39, 0.29) is 14.9 Å². The summed E-state index contributed by atoms with van der Waals surface area (Å²) in [6.07, 6.45) is 9.21. The van der Waals surface area contributed by atoms with Crippen LogP contribution in [0.25, 0.3) is 17.1 Å². The number of nitrogens with one attached hydrogen (secondary N) is 1. The van der Waals surface area contributed by atoms with Crippen molar-refractivity contribution in [3.63, 3.8) is 0 Å². The maximum atomic E-state index is 8.50. The summed E-state index contributed by atoms with van der Waals surface area (Å²) in [6, 6.07) is 5.81. The van der Waals surface area contributed by atoms with Crippen molar-refractivity contribution in [2.75, 3.05) is 6.61 Å². The molecular formula is C24H30N6O. The minimum atomic E-state index is 0. The molecule has 1 aliphatic heterocycles. The van der Waals surface area contributed by atoms with Gasteiger partial charge < -0.3 is 9.30 Å². The third-order valence-electron chi connectivity index (χ3n) is 4.79. The molecule has 0 amide bonds. The van der Waals surface area contributed by atoms with Gasteiger partial charge in [0.2, 0.25) is 0 Å². The van der Waals surface area contributed by atoms with E-state index in [0.29, 0.717) is 31.2 Å². The zero-order valence-corrected chi connectivity index (χ0v) is 16.7. The normalized spacial score (nSPS) is 10.9. The number of nitrogens with zero attached hydrogens (tertiary/aromatic N) is 5. The summed E-state index contributed by atoms with van der Waals surface area (Å²) in [5, 5.41) is 17.3. The summed E-state index contributed by atoms with van der Waals surface area (Å²) in [5.74, 6) is 4.15. The second-order valence-corrected chi connectivity index (χ2v) is 7.08. The molecule has 1 aromatic carbocycles. The molecule has 31 heavy (non-hydrogen) atoms. The fourth-order valence-electron chi connectivity index (χ4n) is 3.48. The van der Waals surface area contributed by atoms with Gasteiger partial charge in [0.25, 0.3) is 0 Å². The fourth-order valence-corrected chi connectivity index (χ4v) is 3.48. The van der Waals surface area contributed by atoms with Gasteiger partial charge in [-0.05, 0) is 45.0 Å². The van der Waals surface area contributed by atoms with Gasteiger partial charge in [0.05, 0.1) is 23.6 Å². The van der Waals surface area contributed by atoms with Crippen molar-refractivity contribution in [2.45, 2.75) is 48.8 Å². The van der Waals surface area contributed by atoms with Crippen molar-refractivity contribution in [3.8, 4) is 29.4 Å². The molecule has 0 bridgehead atoms. The molecule has 0 atom stereocenters. The summed E-state index contributed by atoms with van der Waals surface area (Å²) in [4.78, 5) is 4.55. The van der Waals surface area contributed by atoms with Gasteiger partial charge in [-0.2, -0.15) is 0 Å². The predicted molar refractivity (Wildman–Crippen MR) is 125 cm³/mol. The Morgan fingerprint density at radius 3 is 2.74 bits per heavy atom. The molecule has 4 rings (SSSR count). The Kier molecular flexibility index (Phi) is 7.32. The average Bonchev–Trinajstić information content (AvgIpc) is 3.27. The number of hydrogen-bond acceptors (Lipinski definition) is 5. The van der Waals surface area contributed by atoms with Crippen LogP contribution in [0.15, 0.2) is 36.2 Å². The number of rotatable bonds is 5. The third kappa shape index (κ3) is 4.21. The van der Waals surface area contributed by atoms with Crippen LogP contribution in [0.4, 0.5) is 0 Å². The SMILES string of the molecule is C.C.C#Cc1ccc2c(c1)-c1nnc(COCC)n1Cc1c(C(=N)C=C(C)C)ncn1-2. The van der Waals surface area contributed by atoms with E-state index in [1.54, 1.807) is 6.33 Å². The lowest BCUT2D eigenvalue weighted by molar-refractivity contribution is 0.125. The molecule has 0 spiro atoms. The minimum absolute atomic E-state index is 0. The fraction of sp³-hybridized carbons (Fsp3) is 0.333. The van der Waals surface area contributed by atoms with E-state index < -0.39 is 0 Å². The van der Waals surface area contributed by atoms with Crippen LogP contribution in [0.3, 0.4) is 0 Å². The van der Waals surface area contributed by atoms with E-state index in [2.05, 4.69) is 21.1 Å². The first-order chi connectivity index (χ1) is 14.0. The molecule has 1 N–H and O–H groups in total. The third-order valence-corrected chi connectivity index (χ3v) is 4.79. The van der Waals surface area contributed by atoms with Gasteiger partial charge in [0.1, 0.15) is 18.6 Å². The van der Waals surface area contributed by atoms with Crippen molar-refractivity contribution >= 4 is 5.71 Å². The molecule has 0 aliphatic carbocycles. The number of benzene rings is 1. The van der Waals surface area contributed by atoms with Crippen LogP contribution in [0, 0.1) is 17.8 Å². The highest BCUT2D eigenvalue weighted by Gasteiger charge is 2.26. The zero-order valence-electron chi connectivity index (χ0n) is 16.7. The standard InChI is InChI=1S/C22H22N6O.2CH4/c1-5-15-7-8-18-16(10-15)22-26-25-20(12-29-6-2)27(22)11-19-21(24-13-28(18)19)17(23)9-14(3)4;;/h1,7-10,13,23H,6,11-12H2,2-4H3;2*1H4. The van der Waals surface area contributed by atoms with Crippen LogP contribution in [0.1, 0.15) is 58.4 Å². The van der Waals surface area contributed by atoms with Crippen LogP contribution >= 0.6 is 0 Å². The summed E-state index contributed by atoms with van der Waals surface area (Å²) in [6.45, 7) is 7.33. The van der Waals surface area contributed by atoms with Crippen LogP contribution in [-0.2, 0) is 17.9 Å². The monoisotopic (exact) mass is 418 g/mol. The maximum absolute atomic E-state index is 8.50. The molecular weight excluding hydrogens is 388 g/mol. The van der Waals surface area contributed by atoms with Gasteiger partial charge in [-0.15, -0.1) is 16.6 Å². The molecule has 0 saturated heterocycles. The minimum Gasteiger partial charge on any atom is -0.374 e. The highest BCUT2D eigenvalue weighted by Crippen LogP contribution is 2.33. The first-order valence-corrected chi connectivity index (χ1v) is 9.44. The zero-order chi connectivity index (χ0) is 20.5. The van der Waals surface area contributed by atoms with Crippen LogP contribution in [0.5, 0.6) is 0 Å². The molecule has 7 heteroatoms. The lowest BCUT2D eigenvalue weighted by Gasteiger charge is -2.10. The van der Waals surface area contributed by atoms with Gasteiger partial charge in [0, 0.05) is 17.7 Å². The van der Waals surface area contributed by atoms with E-state index in [1.165, 1.54) is 0 Å². The predicted octanol–water partition coefficient (Wildman–Crippen LogP) is 4.62. The number of hydrogen-bond donors (Lipinski definition) is 1. The topological polar surface area (TPSA) is 81.6 Å². The molecule has 7 nitrogen and oxygen atoms in total. The number of imidazole rings is 1. The van der Waals surface area contributed by atoms with Gasteiger partial charge in [-0.25, -0.2) is 4.98 Å². The highest BCUT2D eigenvalue weighted by atomic mass is 16.5. The van der Waals surface area contributed by atoms with Crippen molar-refractivity contribution in [2.24, 2.45) is 0 Å². The molecule has 0 saturated carbocycles. The molecule has 2 aromatic heterocycles. The van der Waals surface area contributed by atoms with Gasteiger partial charge >= 0.3 is 0 Å². The van der Waals surface area contributed by atoms with E-state index >= 15 is 0 Å². The Morgan fingerprint density at radius 1 is 1.29 bits per heavy atom. The number of terminal acetylenes is 1. The first-order valence-electron chi connectivity index (χ1n) is 9.44. The Morgan fingerprint density at radius 2 is 2.06 bits per heavy atom. The first kappa shape index (κ1) is 23.8. The van der Waals surface area contributed by atoms with Gasteiger partial charge in [0.15, 0.2) is 11.6 Å². The number of allylic oxidation sites excluding steroid dienone is 2. The van der Waals surface area contributed by atoms with Crippen LogP contribution in [-0.4, -0.2) is 36.6 Å². The van der Waals surface area contributed by atoms with Crippen LogP contribution < -0.4 is 0 Å². The number of aromatic nitrogens is 5. The lowest BCUT2D eigenvalue weighted by atomic mass is 10.1. The maximum Gasteiger partial charge on any atom is 0.166 e. The van der Waals surface area contributed by atoms with Crippen molar-refractivity contribution in [3.05, 3.63) is 59.0 Å². The highest BCUT2D eigenvalue weighted by molar-refractivity contribution is 6.06. The second kappa shape index (κ2) is 9.54. The Balaban J connectivity index is 0.00000171. The Hall–Kier alpha value is -3.50. The quantitative estimate of drug-likeness (QED) is 0.379. The summed E-state index contributed by atoms with van der Waals surface area (Å²) in [7, 11) is 0. The molecule has 1 aliphatic rings. The molecule has 162 valence electrons. The molecule has 3 heterocycles. The average molecular weight is 419 g/mol. The summed E-state index contributed by atoms with van der Waals surface area (Å²) < 4.78 is 9.62. The molecule has 3 aromatic rings. The molecule has 0 fully saturated rings. The van der Waals surface area contributed by atoms with E-state index in [0.717, 1.165) is 39.7 Å². The van der Waals surface area contributed by atoms with Crippen LogP contribution in [0.2, 0.25) is 0 Å². The van der Waals surface area contributed by atoms with Crippen molar-refractivity contribution in [1.29, 1.82) is 5.41 Å². The number of ether oxygens (including phenoxy) is 1.